The second-order valence-corrected chi connectivity index (χ2v) is 5.27. The fourth-order valence-electron chi connectivity index (χ4n) is 2.06. The second-order valence-electron chi connectivity index (χ2n) is 4.82. The molecule has 0 saturated carbocycles. The van der Waals surface area contributed by atoms with E-state index in [0.29, 0.717) is 0 Å². The van der Waals surface area contributed by atoms with Gasteiger partial charge in [-0.05, 0) is 12.2 Å². The Kier molecular flexibility index (Phi) is 15.7. The predicted molar refractivity (Wildman–Crippen MR) is 79.2 cm³/mol. The first kappa shape index (κ1) is 16.4. The molecular weight excluding hydrogens is 212 g/mol. The third-order valence-corrected chi connectivity index (χ3v) is 3.47. The summed E-state index contributed by atoms with van der Waals surface area (Å²) in [4.78, 5) is 0. The highest BCUT2D eigenvalue weighted by atomic mass is 32.1. The zero-order chi connectivity index (χ0) is 11.9. The molecule has 0 fully saturated rings. The normalized spacial score (nSPS) is 10.9. The Morgan fingerprint density at radius 2 is 0.812 bits per heavy atom. The lowest BCUT2D eigenvalue weighted by Gasteiger charge is -2.02. The lowest BCUT2D eigenvalue weighted by Crippen LogP contribution is -1.83. The molecule has 0 aromatic carbocycles. The molecule has 0 unspecified atom stereocenters. The highest BCUT2D eigenvalue weighted by Gasteiger charge is 1.92. The Morgan fingerprint density at radius 3 is 1.12 bits per heavy atom. The Balaban J connectivity index is 2.83. The van der Waals surface area contributed by atoms with Gasteiger partial charge in [0.1, 0.15) is 0 Å². The van der Waals surface area contributed by atoms with Gasteiger partial charge < -0.3 is 0 Å². The maximum Gasteiger partial charge on any atom is -0.00979 e. The van der Waals surface area contributed by atoms with Crippen molar-refractivity contribution in [2.75, 3.05) is 5.75 Å². The Bertz CT molecular complexity index is 98.0. The van der Waals surface area contributed by atoms with Crippen LogP contribution in [0.5, 0.6) is 0 Å². The summed E-state index contributed by atoms with van der Waals surface area (Å²) >= 11 is 4.22. The maximum absolute atomic E-state index is 4.22. The quantitative estimate of drug-likeness (QED) is 0.306. The molecule has 97 valence electrons. The van der Waals surface area contributed by atoms with E-state index in [1.165, 1.54) is 77.0 Å². The van der Waals surface area contributed by atoms with Crippen LogP contribution in [0.2, 0.25) is 0 Å². The summed E-state index contributed by atoms with van der Waals surface area (Å²) < 4.78 is 0. The zero-order valence-corrected chi connectivity index (χ0v) is 11.9. The number of hydrogen-bond acceptors (Lipinski definition) is 1. The molecule has 0 rings (SSSR count). The van der Waals surface area contributed by atoms with E-state index in [2.05, 4.69) is 19.6 Å². The van der Waals surface area contributed by atoms with Crippen LogP contribution in [0.25, 0.3) is 0 Å². The summed E-state index contributed by atoms with van der Waals surface area (Å²) in [6.45, 7) is 3.87. The Morgan fingerprint density at radius 1 is 0.500 bits per heavy atom. The molecule has 0 aliphatic heterocycles. The second kappa shape index (κ2) is 15.4. The van der Waals surface area contributed by atoms with Crippen LogP contribution < -0.4 is 0 Å². The number of thiol groups is 1. The van der Waals surface area contributed by atoms with E-state index in [9.17, 15) is 0 Å². The SMILES string of the molecule is [CH2]CCCCCCCCCCCCCCS. The first-order valence-electron chi connectivity index (χ1n) is 7.32. The topological polar surface area (TPSA) is 0 Å². The molecule has 0 nitrogen and oxygen atoms in total. The van der Waals surface area contributed by atoms with Crippen LogP contribution in [0.1, 0.15) is 83.5 Å². The van der Waals surface area contributed by atoms with Gasteiger partial charge in [-0.2, -0.15) is 12.6 Å². The largest absolute Gasteiger partial charge is 0.179 e. The van der Waals surface area contributed by atoms with Gasteiger partial charge >= 0.3 is 0 Å². The van der Waals surface area contributed by atoms with Crippen LogP contribution in [0.3, 0.4) is 0 Å². The monoisotopic (exact) mass is 243 g/mol. The van der Waals surface area contributed by atoms with Crippen molar-refractivity contribution in [3.05, 3.63) is 6.92 Å². The summed E-state index contributed by atoms with van der Waals surface area (Å²) in [5.74, 6) is 1.06. The molecule has 0 aliphatic rings. The van der Waals surface area contributed by atoms with Gasteiger partial charge in [0.25, 0.3) is 0 Å². The first-order valence-corrected chi connectivity index (χ1v) is 7.95. The minimum Gasteiger partial charge on any atom is -0.179 e. The van der Waals surface area contributed by atoms with Crippen LogP contribution >= 0.6 is 12.6 Å². The molecule has 1 heteroatoms. The Labute approximate surface area is 109 Å². The maximum atomic E-state index is 4.22. The minimum atomic E-state index is 1.06. The third kappa shape index (κ3) is 14.4. The van der Waals surface area contributed by atoms with Crippen LogP contribution in [0, 0.1) is 6.92 Å². The summed E-state index contributed by atoms with van der Waals surface area (Å²) in [7, 11) is 0. The van der Waals surface area contributed by atoms with Gasteiger partial charge in [0, 0.05) is 0 Å². The highest BCUT2D eigenvalue weighted by Crippen LogP contribution is 2.12. The fourth-order valence-corrected chi connectivity index (χ4v) is 2.28. The fraction of sp³-hybridized carbons (Fsp3) is 0.933. The summed E-state index contributed by atoms with van der Waals surface area (Å²) in [6, 6.07) is 0. The van der Waals surface area contributed by atoms with E-state index in [1.807, 2.05) is 0 Å². The van der Waals surface area contributed by atoms with E-state index in [-0.39, 0.29) is 0 Å². The molecule has 0 aromatic rings. The van der Waals surface area contributed by atoms with E-state index in [4.69, 9.17) is 0 Å². The molecule has 0 spiro atoms. The number of rotatable bonds is 13. The molecule has 0 heterocycles. The van der Waals surface area contributed by atoms with Crippen molar-refractivity contribution in [2.24, 2.45) is 0 Å². The van der Waals surface area contributed by atoms with E-state index in [1.54, 1.807) is 0 Å². The number of hydrogen-bond donors (Lipinski definition) is 1. The van der Waals surface area contributed by atoms with Gasteiger partial charge in [-0.15, -0.1) is 0 Å². The minimum absolute atomic E-state index is 1.06. The molecular formula is C15H31S. The van der Waals surface area contributed by atoms with Crippen LogP contribution in [0.4, 0.5) is 0 Å². The zero-order valence-electron chi connectivity index (χ0n) is 11.1. The Hall–Kier alpha value is 0.350. The molecule has 0 atom stereocenters. The van der Waals surface area contributed by atoms with Crippen LogP contribution in [-0.4, -0.2) is 5.75 Å². The van der Waals surface area contributed by atoms with E-state index >= 15 is 0 Å². The average Bonchev–Trinajstić information content (AvgIpc) is 2.31. The van der Waals surface area contributed by atoms with Gasteiger partial charge in [0.15, 0.2) is 0 Å². The van der Waals surface area contributed by atoms with Crippen molar-refractivity contribution >= 4 is 12.6 Å². The smallest absolute Gasteiger partial charge is 0.00979 e. The summed E-state index contributed by atoms with van der Waals surface area (Å²) in [5, 5.41) is 0. The van der Waals surface area contributed by atoms with E-state index < -0.39 is 0 Å². The molecule has 0 N–H and O–H groups in total. The van der Waals surface area contributed by atoms with Crippen LogP contribution in [0.15, 0.2) is 0 Å². The van der Waals surface area contributed by atoms with Crippen molar-refractivity contribution in [1.29, 1.82) is 0 Å². The van der Waals surface area contributed by atoms with Gasteiger partial charge in [-0.1, -0.05) is 84.0 Å². The van der Waals surface area contributed by atoms with E-state index in [0.717, 1.165) is 12.2 Å². The highest BCUT2D eigenvalue weighted by molar-refractivity contribution is 7.80. The van der Waals surface area contributed by atoms with Crippen LogP contribution in [-0.2, 0) is 0 Å². The standard InChI is InChI=1S/C15H31S/c1-2-3-4-5-6-7-8-9-10-11-12-13-14-15-16/h16H,1-15H2. The van der Waals surface area contributed by atoms with Gasteiger partial charge in [0.05, 0.1) is 0 Å². The van der Waals surface area contributed by atoms with Crippen molar-refractivity contribution in [1.82, 2.24) is 0 Å². The van der Waals surface area contributed by atoms with Crippen molar-refractivity contribution in [3.63, 3.8) is 0 Å². The molecule has 0 saturated heterocycles. The summed E-state index contributed by atoms with van der Waals surface area (Å²) in [5.41, 5.74) is 0. The first-order chi connectivity index (χ1) is 7.91. The van der Waals surface area contributed by atoms with Gasteiger partial charge in [-0.25, -0.2) is 0 Å². The third-order valence-electron chi connectivity index (χ3n) is 3.16. The number of unbranched alkanes of at least 4 members (excludes halogenated alkanes) is 12. The van der Waals surface area contributed by atoms with Gasteiger partial charge in [0.2, 0.25) is 0 Å². The van der Waals surface area contributed by atoms with Crippen molar-refractivity contribution in [2.45, 2.75) is 83.5 Å². The average molecular weight is 243 g/mol. The molecule has 1 radical (unpaired) electrons. The lowest BCUT2D eigenvalue weighted by atomic mass is 10.1. The van der Waals surface area contributed by atoms with Gasteiger partial charge in [-0.3, -0.25) is 0 Å². The molecule has 16 heavy (non-hydrogen) atoms. The summed E-state index contributed by atoms with van der Waals surface area (Å²) in [6.07, 6.45) is 18.1. The lowest BCUT2D eigenvalue weighted by molar-refractivity contribution is 0.545. The predicted octanol–water partition coefficient (Wildman–Crippen LogP) is 5.82. The van der Waals surface area contributed by atoms with Crippen molar-refractivity contribution in [3.8, 4) is 0 Å². The molecule has 0 aromatic heterocycles. The molecule has 0 bridgehead atoms. The molecule has 0 aliphatic carbocycles. The van der Waals surface area contributed by atoms with Crippen molar-refractivity contribution < 1.29 is 0 Å². The molecule has 0 amide bonds.